The van der Waals surface area contributed by atoms with Gasteiger partial charge in [-0.1, -0.05) is 12.1 Å². The van der Waals surface area contributed by atoms with Gasteiger partial charge < -0.3 is 5.32 Å². The standard InChI is InChI=1S/C14H17N3S/c1-11-16-8-7-13(17-11)10-15-9-12-3-5-14(18-2)6-4-12/h3-8,15H,9-10H2,1-2H3. The summed E-state index contributed by atoms with van der Waals surface area (Å²) in [7, 11) is 0. The summed E-state index contributed by atoms with van der Waals surface area (Å²) in [5, 5.41) is 3.39. The molecule has 0 radical (unpaired) electrons. The molecule has 0 saturated carbocycles. The molecule has 1 aromatic carbocycles. The van der Waals surface area contributed by atoms with Gasteiger partial charge in [0.2, 0.25) is 0 Å². The average Bonchev–Trinajstić information content (AvgIpc) is 2.40. The lowest BCUT2D eigenvalue weighted by molar-refractivity contribution is 0.675. The molecule has 0 aliphatic rings. The van der Waals surface area contributed by atoms with E-state index in [9.17, 15) is 0 Å². The fraction of sp³-hybridized carbons (Fsp3) is 0.286. The minimum atomic E-state index is 0.771. The molecule has 0 fully saturated rings. The molecule has 1 N–H and O–H groups in total. The van der Waals surface area contributed by atoms with E-state index in [4.69, 9.17) is 0 Å². The van der Waals surface area contributed by atoms with Crippen molar-refractivity contribution in [2.24, 2.45) is 0 Å². The number of nitrogens with one attached hydrogen (secondary N) is 1. The topological polar surface area (TPSA) is 37.8 Å². The van der Waals surface area contributed by atoms with Crippen LogP contribution in [0.15, 0.2) is 41.4 Å². The predicted molar refractivity (Wildman–Crippen MR) is 75.5 cm³/mol. The molecule has 0 aliphatic carbocycles. The third-order valence-corrected chi connectivity index (χ3v) is 3.37. The number of rotatable bonds is 5. The molecule has 2 rings (SSSR count). The van der Waals surface area contributed by atoms with Crippen molar-refractivity contribution in [1.29, 1.82) is 0 Å². The monoisotopic (exact) mass is 259 g/mol. The second-order valence-corrected chi connectivity index (χ2v) is 4.93. The molecular formula is C14H17N3S. The largest absolute Gasteiger partial charge is 0.307 e. The van der Waals surface area contributed by atoms with Crippen LogP contribution in [0.2, 0.25) is 0 Å². The molecule has 0 atom stereocenters. The average molecular weight is 259 g/mol. The number of aryl methyl sites for hydroxylation is 1. The highest BCUT2D eigenvalue weighted by Gasteiger charge is 1.97. The molecule has 2 aromatic rings. The Morgan fingerprint density at radius 2 is 1.89 bits per heavy atom. The molecule has 1 aromatic heterocycles. The Labute approximate surface area is 112 Å². The van der Waals surface area contributed by atoms with E-state index in [1.165, 1.54) is 10.5 Å². The fourth-order valence-corrected chi connectivity index (χ4v) is 2.09. The van der Waals surface area contributed by atoms with Crippen LogP contribution in [0.3, 0.4) is 0 Å². The van der Waals surface area contributed by atoms with Crippen molar-refractivity contribution in [2.75, 3.05) is 6.26 Å². The number of thioether (sulfide) groups is 1. The molecule has 18 heavy (non-hydrogen) atoms. The third-order valence-electron chi connectivity index (χ3n) is 2.63. The van der Waals surface area contributed by atoms with Crippen molar-refractivity contribution < 1.29 is 0 Å². The van der Waals surface area contributed by atoms with Gasteiger partial charge in [-0.25, -0.2) is 9.97 Å². The van der Waals surface area contributed by atoms with Crippen molar-refractivity contribution in [1.82, 2.24) is 15.3 Å². The number of benzene rings is 1. The SMILES string of the molecule is CSc1ccc(CNCc2ccnc(C)n2)cc1. The highest BCUT2D eigenvalue weighted by molar-refractivity contribution is 7.98. The van der Waals surface area contributed by atoms with Gasteiger partial charge in [-0.15, -0.1) is 11.8 Å². The van der Waals surface area contributed by atoms with Crippen LogP contribution in [0.1, 0.15) is 17.1 Å². The lowest BCUT2D eigenvalue weighted by Crippen LogP contribution is -2.14. The summed E-state index contributed by atoms with van der Waals surface area (Å²) in [6.45, 7) is 3.54. The Hall–Kier alpha value is -1.39. The van der Waals surface area contributed by atoms with Gasteiger partial charge in [0, 0.05) is 24.2 Å². The summed E-state index contributed by atoms with van der Waals surface area (Å²) in [6, 6.07) is 10.6. The normalized spacial score (nSPS) is 10.6. The first kappa shape index (κ1) is 13.1. The van der Waals surface area contributed by atoms with Crippen molar-refractivity contribution in [3.8, 4) is 0 Å². The van der Waals surface area contributed by atoms with E-state index >= 15 is 0 Å². The van der Waals surface area contributed by atoms with Gasteiger partial charge in [-0.05, 0) is 36.9 Å². The predicted octanol–water partition coefficient (Wildman–Crippen LogP) is 2.80. The Kier molecular flexibility index (Phi) is 4.73. The van der Waals surface area contributed by atoms with Crippen LogP contribution >= 0.6 is 11.8 Å². The van der Waals surface area contributed by atoms with Gasteiger partial charge >= 0.3 is 0 Å². The van der Waals surface area contributed by atoms with E-state index in [0.29, 0.717) is 0 Å². The first-order chi connectivity index (χ1) is 8.78. The maximum Gasteiger partial charge on any atom is 0.125 e. The van der Waals surface area contributed by atoms with Crippen LogP contribution in [0.4, 0.5) is 0 Å². The third kappa shape index (κ3) is 3.82. The maximum absolute atomic E-state index is 4.35. The molecule has 3 nitrogen and oxygen atoms in total. The van der Waals surface area contributed by atoms with E-state index < -0.39 is 0 Å². The Morgan fingerprint density at radius 3 is 2.56 bits per heavy atom. The first-order valence-electron chi connectivity index (χ1n) is 5.90. The van der Waals surface area contributed by atoms with E-state index in [2.05, 4.69) is 45.8 Å². The molecule has 0 amide bonds. The highest BCUT2D eigenvalue weighted by atomic mass is 32.2. The molecule has 0 unspecified atom stereocenters. The van der Waals surface area contributed by atoms with E-state index in [1.54, 1.807) is 18.0 Å². The molecule has 1 heterocycles. The minimum absolute atomic E-state index is 0.771. The van der Waals surface area contributed by atoms with Crippen LogP contribution in [0.5, 0.6) is 0 Å². The lowest BCUT2D eigenvalue weighted by Gasteiger charge is -2.05. The van der Waals surface area contributed by atoms with E-state index in [-0.39, 0.29) is 0 Å². The Balaban J connectivity index is 1.84. The lowest BCUT2D eigenvalue weighted by atomic mass is 10.2. The molecule has 0 bridgehead atoms. The molecule has 0 spiro atoms. The number of aromatic nitrogens is 2. The fourth-order valence-electron chi connectivity index (χ4n) is 1.68. The van der Waals surface area contributed by atoms with Gasteiger partial charge in [-0.2, -0.15) is 0 Å². The summed E-state index contributed by atoms with van der Waals surface area (Å²) >= 11 is 1.76. The Bertz CT molecular complexity index is 497. The van der Waals surface area contributed by atoms with Gasteiger partial charge in [-0.3, -0.25) is 0 Å². The van der Waals surface area contributed by atoms with Gasteiger partial charge in [0.1, 0.15) is 5.82 Å². The van der Waals surface area contributed by atoms with Gasteiger partial charge in [0.15, 0.2) is 0 Å². The van der Waals surface area contributed by atoms with Crippen LogP contribution in [-0.2, 0) is 13.1 Å². The number of hydrogen-bond donors (Lipinski definition) is 1. The summed E-state index contributed by atoms with van der Waals surface area (Å²) in [4.78, 5) is 9.74. The van der Waals surface area contributed by atoms with Crippen molar-refractivity contribution in [3.63, 3.8) is 0 Å². The zero-order chi connectivity index (χ0) is 12.8. The van der Waals surface area contributed by atoms with Gasteiger partial charge in [0.05, 0.1) is 5.69 Å². The first-order valence-corrected chi connectivity index (χ1v) is 7.12. The summed E-state index contributed by atoms with van der Waals surface area (Å²) in [5.41, 5.74) is 2.32. The van der Waals surface area contributed by atoms with Gasteiger partial charge in [0.25, 0.3) is 0 Å². The summed E-state index contributed by atoms with van der Waals surface area (Å²) in [6.07, 6.45) is 3.89. The van der Waals surface area contributed by atoms with Crippen molar-refractivity contribution >= 4 is 11.8 Å². The summed E-state index contributed by atoms with van der Waals surface area (Å²) in [5.74, 6) is 0.818. The van der Waals surface area contributed by atoms with Crippen LogP contribution in [0, 0.1) is 6.92 Å². The van der Waals surface area contributed by atoms with Crippen LogP contribution in [0.25, 0.3) is 0 Å². The highest BCUT2D eigenvalue weighted by Crippen LogP contribution is 2.14. The van der Waals surface area contributed by atoms with Crippen molar-refractivity contribution in [3.05, 3.63) is 53.6 Å². The molecule has 0 aliphatic heterocycles. The molecule has 94 valence electrons. The minimum Gasteiger partial charge on any atom is -0.307 e. The molecule has 0 saturated heterocycles. The molecular weight excluding hydrogens is 242 g/mol. The molecule has 4 heteroatoms. The van der Waals surface area contributed by atoms with E-state index in [1.807, 2.05) is 13.0 Å². The quantitative estimate of drug-likeness (QED) is 0.838. The second kappa shape index (κ2) is 6.52. The van der Waals surface area contributed by atoms with E-state index in [0.717, 1.165) is 24.6 Å². The van der Waals surface area contributed by atoms with Crippen LogP contribution in [-0.4, -0.2) is 16.2 Å². The zero-order valence-corrected chi connectivity index (χ0v) is 11.5. The summed E-state index contributed by atoms with van der Waals surface area (Å²) < 4.78 is 0. The maximum atomic E-state index is 4.35. The zero-order valence-electron chi connectivity index (χ0n) is 10.7. The Morgan fingerprint density at radius 1 is 1.11 bits per heavy atom. The van der Waals surface area contributed by atoms with Crippen molar-refractivity contribution in [2.45, 2.75) is 24.9 Å². The second-order valence-electron chi connectivity index (χ2n) is 4.05. The van der Waals surface area contributed by atoms with Crippen LogP contribution < -0.4 is 5.32 Å². The number of nitrogens with zero attached hydrogens (tertiary/aromatic N) is 2. The smallest absolute Gasteiger partial charge is 0.125 e. The number of hydrogen-bond acceptors (Lipinski definition) is 4.